The number of halogens is 3. The Kier molecular flexibility index (Phi) is 7.12. The van der Waals surface area contributed by atoms with Gasteiger partial charge in [0.25, 0.3) is 5.91 Å². The summed E-state index contributed by atoms with van der Waals surface area (Å²) < 4.78 is 50.8. The second-order valence-corrected chi connectivity index (χ2v) is 8.01. The Morgan fingerprint density at radius 2 is 1.74 bits per heavy atom. The Balaban J connectivity index is 1.43. The van der Waals surface area contributed by atoms with E-state index >= 15 is 0 Å². The SMILES string of the molecule is COc1ccc(N2CCN(C(CNC(=O)c3ccccc3C(F)(F)F)c3ccco3)CC2)cc1. The molecule has 2 heterocycles. The fraction of sp³-hybridized carbons (Fsp3) is 0.320. The number of nitrogens with one attached hydrogen (secondary N) is 1. The molecule has 1 fully saturated rings. The Hall–Kier alpha value is -3.46. The molecule has 4 rings (SSSR count). The predicted molar refractivity (Wildman–Crippen MR) is 122 cm³/mol. The fourth-order valence-electron chi connectivity index (χ4n) is 4.19. The summed E-state index contributed by atoms with van der Waals surface area (Å²) in [5.41, 5.74) is -0.250. The minimum absolute atomic E-state index is 0.126. The molecule has 0 aliphatic carbocycles. The molecule has 6 nitrogen and oxygen atoms in total. The van der Waals surface area contributed by atoms with Crippen LogP contribution in [0.15, 0.2) is 71.3 Å². The van der Waals surface area contributed by atoms with Gasteiger partial charge in [0.2, 0.25) is 0 Å². The predicted octanol–water partition coefficient (Wildman–Crippen LogP) is 4.60. The van der Waals surface area contributed by atoms with Crippen molar-refractivity contribution in [1.82, 2.24) is 10.2 Å². The van der Waals surface area contributed by atoms with Crippen molar-refractivity contribution < 1.29 is 27.1 Å². The number of benzene rings is 2. The van der Waals surface area contributed by atoms with Gasteiger partial charge in [-0.3, -0.25) is 9.69 Å². The highest BCUT2D eigenvalue weighted by Gasteiger charge is 2.35. The van der Waals surface area contributed by atoms with Gasteiger partial charge < -0.3 is 19.4 Å². The van der Waals surface area contributed by atoms with Crippen molar-refractivity contribution in [1.29, 1.82) is 0 Å². The van der Waals surface area contributed by atoms with E-state index < -0.39 is 23.2 Å². The number of carbonyl (C=O) groups is 1. The highest BCUT2D eigenvalue weighted by Crippen LogP contribution is 2.32. The lowest BCUT2D eigenvalue weighted by Crippen LogP contribution is -2.49. The van der Waals surface area contributed by atoms with Crippen LogP contribution in [0.25, 0.3) is 0 Å². The number of alkyl halides is 3. The zero-order chi connectivity index (χ0) is 24.1. The molecule has 0 bridgehead atoms. The standard InChI is InChI=1S/C25H26F3N3O3/c1-33-19-10-8-18(9-11-19)30-12-14-31(15-13-30)22(23-7-4-16-34-23)17-29-24(32)20-5-2-3-6-21(20)25(26,27)28/h2-11,16,22H,12-15,17H2,1H3,(H,29,32). The largest absolute Gasteiger partial charge is 0.497 e. The van der Waals surface area contributed by atoms with Gasteiger partial charge in [0, 0.05) is 38.4 Å². The molecular weight excluding hydrogens is 447 g/mol. The Labute approximate surface area is 195 Å². The summed E-state index contributed by atoms with van der Waals surface area (Å²) in [4.78, 5) is 17.1. The molecule has 0 spiro atoms. The van der Waals surface area contributed by atoms with Crippen LogP contribution in [-0.4, -0.2) is 50.6 Å². The van der Waals surface area contributed by atoms with Gasteiger partial charge in [0.05, 0.1) is 30.5 Å². The number of hydrogen-bond acceptors (Lipinski definition) is 5. The van der Waals surface area contributed by atoms with Gasteiger partial charge in [-0.2, -0.15) is 13.2 Å². The summed E-state index contributed by atoms with van der Waals surface area (Å²) in [6.45, 7) is 3.04. The lowest BCUT2D eigenvalue weighted by molar-refractivity contribution is -0.137. The van der Waals surface area contributed by atoms with E-state index in [1.165, 1.54) is 18.2 Å². The molecule has 9 heteroatoms. The lowest BCUT2D eigenvalue weighted by Gasteiger charge is -2.39. The molecule has 3 aromatic rings. The van der Waals surface area contributed by atoms with Crippen LogP contribution in [0.2, 0.25) is 0 Å². The van der Waals surface area contributed by atoms with Crippen molar-refractivity contribution in [2.24, 2.45) is 0 Å². The molecule has 0 saturated carbocycles. The summed E-state index contributed by atoms with van der Waals surface area (Å²) in [5.74, 6) is 0.687. The van der Waals surface area contributed by atoms with E-state index in [9.17, 15) is 18.0 Å². The van der Waals surface area contributed by atoms with Crippen molar-refractivity contribution in [2.45, 2.75) is 12.2 Å². The number of methoxy groups -OCH3 is 1. The van der Waals surface area contributed by atoms with E-state index in [0.29, 0.717) is 18.8 Å². The molecule has 1 unspecified atom stereocenters. The van der Waals surface area contributed by atoms with Gasteiger partial charge in [-0.15, -0.1) is 0 Å². The van der Waals surface area contributed by atoms with E-state index in [1.54, 1.807) is 19.4 Å². The second kappa shape index (κ2) is 10.2. The van der Waals surface area contributed by atoms with Gasteiger partial charge in [0.1, 0.15) is 11.5 Å². The quantitative estimate of drug-likeness (QED) is 0.544. The minimum atomic E-state index is -4.61. The molecule has 1 atom stereocenters. The number of nitrogens with zero attached hydrogens (tertiary/aromatic N) is 2. The van der Waals surface area contributed by atoms with Crippen molar-refractivity contribution >= 4 is 11.6 Å². The maximum absolute atomic E-state index is 13.3. The third-order valence-corrected chi connectivity index (χ3v) is 6.00. The number of rotatable bonds is 7. The van der Waals surface area contributed by atoms with Crippen LogP contribution in [0.5, 0.6) is 5.75 Å². The number of ether oxygens (including phenoxy) is 1. The summed E-state index contributed by atoms with van der Waals surface area (Å²) in [7, 11) is 1.63. The van der Waals surface area contributed by atoms with Gasteiger partial charge in [-0.05, 0) is 48.5 Å². The van der Waals surface area contributed by atoms with Crippen LogP contribution >= 0.6 is 0 Å². The molecule has 2 aromatic carbocycles. The van der Waals surface area contributed by atoms with Crippen LogP contribution in [0.4, 0.5) is 18.9 Å². The zero-order valence-corrected chi connectivity index (χ0v) is 18.7. The molecule has 1 aliphatic rings. The first kappa shape index (κ1) is 23.7. The van der Waals surface area contributed by atoms with Crippen LogP contribution in [-0.2, 0) is 6.18 Å². The second-order valence-electron chi connectivity index (χ2n) is 8.01. The van der Waals surface area contributed by atoms with Crippen molar-refractivity contribution in [3.63, 3.8) is 0 Å². The van der Waals surface area contributed by atoms with Crippen LogP contribution in [0, 0.1) is 0 Å². The van der Waals surface area contributed by atoms with Gasteiger partial charge in [0.15, 0.2) is 0 Å². The molecule has 34 heavy (non-hydrogen) atoms. The number of carbonyl (C=O) groups excluding carboxylic acids is 1. The van der Waals surface area contributed by atoms with Crippen LogP contribution in [0.1, 0.15) is 27.7 Å². The van der Waals surface area contributed by atoms with E-state index in [1.807, 2.05) is 30.3 Å². The third kappa shape index (κ3) is 5.36. The van der Waals surface area contributed by atoms with Crippen LogP contribution < -0.4 is 15.0 Å². The first-order valence-corrected chi connectivity index (χ1v) is 11.0. The van der Waals surface area contributed by atoms with Gasteiger partial charge in [-0.1, -0.05) is 12.1 Å². The number of piperazine rings is 1. The molecular formula is C25H26F3N3O3. The summed E-state index contributed by atoms with van der Waals surface area (Å²) >= 11 is 0. The van der Waals surface area contributed by atoms with E-state index in [0.717, 1.165) is 30.6 Å². The number of hydrogen-bond donors (Lipinski definition) is 1. The van der Waals surface area contributed by atoms with Crippen LogP contribution in [0.3, 0.4) is 0 Å². The van der Waals surface area contributed by atoms with Crippen molar-refractivity contribution in [2.75, 3.05) is 44.7 Å². The normalized spacial score (nSPS) is 15.7. The highest BCUT2D eigenvalue weighted by molar-refractivity contribution is 5.95. The summed E-state index contributed by atoms with van der Waals surface area (Å²) in [6, 6.07) is 15.9. The van der Waals surface area contributed by atoms with E-state index in [2.05, 4.69) is 15.1 Å². The molecule has 1 amide bonds. The first-order chi connectivity index (χ1) is 16.4. The van der Waals surface area contributed by atoms with Crippen molar-refractivity contribution in [3.8, 4) is 5.75 Å². The third-order valence-electron chi connectivity index (χ3n) is 6.00. The first-order valence-electron chi connectivity index (χ1n) is 11.0. The van der Waals surface area contributed by atoms with Crippen molar-refractivity contribution in [3.05, 3.63) is 83.8 Å². The Morgan fingerprint density at radius 1 is 1.03 bits per heavy atom. The molecule has 0 radical (unpaired) electrons. The van der Waals surface area contributed by atoms with E-state index in [4.69, 9.17) is 9.15 Å². The lowest BCUT2D eigenvalue weighted by atomic mass is 10.1. The fourth-order valence-corrected chi connectivity index (χ4v) is 4.19. The van der Waals surface area contributed by atoms with E-state index in [-0.39, 0.29) is 12.6 Å². The number of furan rings is 1. The Morgan fingerprint density at radius 3 is 2.35 bits per heavy atom. The summed E-state index contributed by atoms with van der Waals surface area (Å²) in [5, 5.41) is 2.68. The summed E-state index contributed by atoms with van der Waals surface area (Å²) in [6.07, 6.45) is -3.05. The topological polar surface area (TPSA) is 58.0 Å². The zero-order valence-electron chi connectivity index (χ0n) is 18.7. The average molecular weight is 473 g/mol. The maximum atomic E-state index is 13.3. The number of anilines is 1. The number of amides is 1. The highest BCUT2D eigenvalue weighted by atomic mass is 19.4. The molecule has 180 valence electrons. The minimum Gasteiger partial charge on any atom is -0.497 e. The molecule has 1 aliphatic heterocycles. The molecule has 1 saturated heterocycles. The monoisotopic (exact) mass is 473 g/mol. The molecule has 1 N–H and O–H groups in total. The average Bonchev–Trinajstić information content (AvgIpc) is 3.39. The van der Waals surface area contributed by atoms with Gasteiger partial charge in [-0.25, -0.2) is 0 Å². The maximum Gasteiger partial charge on any atom is 0.417 e. The molecule has 1 aromatic heterocycles. The van der Waals surface area contributed by atoms with Gasteiger partial charge >= 0.3 is 6.18 Å². The smallest absolute Gasteiger partial charge is 0.417 e. The Bertz CT molecular complexity index is 1080.